The van der Waals surface area contributed by atoms with Crippen molar-refractivity contribution in [3.8, 4) is 0 Å². The van der Waals surface area contributed by atoms with Crippen LogP contribution in [0.2, 0.25) is 10.0 Å². The van der Waals surface area contributed by atoms with Gasteiger partial charge in [0.1, 0.15) is 0 Å². The first-order valence-corrected chi connectivity index (χ1v) is 6.90. The third-order valence-electron chi connectivity index (χ3n) is 3.19. The molecule has 0 bridgehead atoms. The Labute approximate surface area is 119 Å². The molecule has 0 fully saturated rings. The average molecular weight is 279 g/mol. The van der Waals surface area contributed by atoms with Crippen LogP contribution in [0.4, 0.5) is 0 Å². The summed E-state index contributed by atoms with van der Waals surface area (Å²) in [6, 6.07) is 16.2. The second kappa shape index (κ2) is 6.26. The summed E-state index contributed by atoms with van der Waals surface area (Å²) in [7, 11) is 0. The van der Waals surface area contributed by atoms with E-state index in [1.54, 1.807) is 0 Å². The van der Waals surface area contributed by atoms with Crippen molar-refractivity contribution in [3.63, 3.8) is 0 Å². The first-order chi connectivity index (χ1) is 8.65. The van der Waals surface area contributed by atoms with E-state index in [0.717, 1.165) is 22.9 Å². The molecule has 0 saturated heterocycles. The number of halogens is 2. The quantitative estimate of drug-likeness (QED) is 0.670. The molecule has 0 radical (unpaired) electrons. The molecule has 0 aromatic heterocycles. The third-order valence-corrected chi connectivity index (χ3v) is 3.68. The Morgan fingerprint density at radius 2 is 1.67 bits per heavy atom. The van der Waals surface area contributed by atoms with Gasteiger partial charge in [-0.1, -0.05) is 54.4 Å². The van der Waals surface area contributed by atoms with E-state index in [9.17, 15) is 0 Å². The molecule has 0 aliphatic carbocycles. The van der Waals surface area contributed by atoms with Crippen LogP contribution < -0.4 is 0 Å². The molecule has 2 aromatic carbocycles. The molecule has 1 atom stereocenters. The highest BCUT2D eigenvalue weighted by Crippen LogP contribution is 2.23. The lowest BCUT2D eigenvalue weighted by atomic mass is 9.94. The minimum atomic E-state index is 0.529. The second-order valence-electron chi connectivity index (χ2n) is 4.62. The largest absolute Gasteiger partial charge is 0.0843 e. The van der Waals surface area contributed by atoms with Crippen molar-refractivity contribution < 1.29 is 0 Å². The van der Waals surface area contributed by atoms with Gasteiger partial charge >= 0.3 is 0 Å². The highest BCUT2D eigenvalue weighted by Gasteiger charge is 2.06. The Morgan fingerprint density at radius 3 is 2.33 bits per heavy atom. The minimum Gasteiger partial charge on any atom is -0.0843 e. The lowest BCUT2D eigenvalue weighted by Gasteiger charge is -2.12. The van der Waals surface area contributed by atoms with Gasteiger partial charge in [0.25, 0.3) is 0 Å². The Bertz CT molecular complexity index is 503. The molecule has 0 aliphatic heterocycles. The van der Waals surface area contributed by atoms with Crippen LogP contribution in [0, 0.1) is 0 Å². The van der Waals surface area contributed by atoms with Gasteiger partial charge in [0.15, 0.2) is 0 Å². The van der Waals surface area contributed by atoms with E-state index in [-0.39, 0.29) is 0 Å². The van der Waals surface area contributed by atoms with Gasteiger partial charge in [0.2, 0.25) is 0 Å². The van der Waals surface area contributed by atoms with E-state index in [1.807, 2.05) is 30.3 Å². The second-order valence-corrected chi connectivity index (χ2v) is 5.49. The van der Waals surface area contributed by atoms with Crippen LogP contribution in [0.3, 0.4) is 0 Å². The van der Waals surface area contributed by atoms with Gasteiger partial charge in [-0.2, -0.15) is 0 Å². The standard InChI is InChI=1S/C16H16Cl2/c1-12(14-7-9-15(17)10-8-14)5-6-13-3-2-4-16(18)11-13/h2-4,7-12H,5-6H2,1H3. The first kappa shape index (κ1) is 13.5. The van der Waals surface area contributed by atoms with E-state index < -0.39 is 0 Å². The normalized spacial score (nSPS) is 12.4. The third kappa shape index (κ3) is 3.76. The number of hydrogen-bond acceptors (Lipinski definition) is 0. The molecule has 18 heavy (non-hydrogen) atoms. The Morgan fingerprint density at radius 1 is 0.944 bits per heavy atom. The molecule has 0 aliphatic rings. The molecule has 0 amide bonds. The van der Waals surface area contributed by atoms with Crippen LogP contribution in [-0.4, -0.2) is 0 Å². The van der Waals surface area contributed by atoms with Crippen LogP contribution in [0.25, 0.3) is 0 Å². The fraction of sp³-hybridized carbons (Fsp3) is 0.250. The van der Waals surface area contributed by atoms with Gasteiger partial charge in [-0.25, -0.2) is 0 Å². The van der Waals surface area contributed by atoms with E-state index in [4.69, 9.17) is 23.2 Å². The highest BCUT2D eigenvalue weighted by atomic mass is 35.5. The van der Waals surface area contributed by atoms with E-state index in [1.165, 1.54) is 11.1 Å². The van der Waals surface area contributed by atoms with Gasteiger partial charge < -0.3 is 0 Å². The van der Waals surface area contributed by atoms with Crippen LogP contribution >= 0.6 is 23.2 Å². The van der Waals surface area contributed by atoms with Crippen molar-refractivity contribution in [3.05, 3.63) is 69.7 Å². The first-order valence-electron chi connectivity index (χ1n) is 6.15. The summed E-state index contributed by atoms with van der Waals surface area (Å²) in [5.41, 5.74) is 2.63. The molecular formula is C16H16Cl2. The molecule has 0 nitrogen and oxygen atoms in total. The zero-order valence-corrected chi connectivity index (χ0v) is 11.9. The lowest BCUT2D eigenvalue weighted by molar-refractivity contribution is 0.679. The molecule has 0 spiro atoms. The maximum atomic E-state index is 5.98. The molecule has 1 unspecified atom stereocenters. The van der Waals surface area contributed by atoms with Crippen molar-refractivity contribution in [2.75, 3.05) is 0 Å². The fourth-order valence-electron chi connectivity index (χ4n) is 2.03. The van der Waals surface area contributed by atoms with Crippen molar-refractivity contribution in [1.82, 2.24) is 0 Å². The zero-order chi connectivity index (χ0) is 13.0. The Kier molecular flexibility index (Phi) is 4.68. The average Bonchev–Trinajstić information content (AvgIpc) is 2.37. The lowest BCUT2D eigenvalue weighted by Crippen LogP contribution is -1.96. The fourth-order valence-corrected chi connectivity index (χ4v) is 2.37. The maximum Gasteiger partial charge on any atom is 0.0408 e. The maximum absolute atomic E-state index is 5.98. The predicted octanol–water partition coefficient (Wildman–Crippen LogP) is 5.73. The Hall–Kier alpha value is -0.980. The van der Waals surface area contributed by atoms with Crippen LogP contribution in [0.1, 0.15) is 30.4 Å². The molecule has 0 N–H and O–H groups in total. The van der Waals surface area contributed by atoms with Gasteiger partial charge in [0, 0.05) is 10.0 Å². The SMILES string of the molecule is CC(CCc1cccc(Cl)c1)c1ccc(Cl)cc1. The minimum absolute atomic E-state index is 0.529. The van der Waals surface area contributed by atoms with Gasteiger partial charge in [0.05, 0.1) is 0 Å². The molecule has 0 saturated carbocycles. The number of hydrogen-bond donors (Lipinski definition) is 0. The summed E-state index contributed by atoms with van der Waals surface area (Å²) in [6.07, 6.45) is 2.16. The van der Waals surface area contributed by atoms with Gasteiger partial charge in [-0.05, 0) is 54.2 Å². The summed E-state index contributed by atoms with van der Waals surface area (Å²) < 4.78 is 0. The summed E-state index contributed by atoms with van der Waals surface area (Å²) in [5.74, 6) is 0.529. The highest BCUT2D eigenvalue weighted by molar-refractivity contribution is 6.30. The summed E-state index contributed by atoms with van der Waals surface area (Å²) in [5, 5.41) is 1.60. The number of rotatable bonds is 4. The van der Waals surface area contributed by atoms with Gasteiger partial charge in [-0.15, -0.1) is 0 Å². The monoisotopic (exact) mass is 278 g/mol. The molecule has 0 heterocycles. The van der Waals surface area contributed by atoms with Crippen LogP contribution in [0.15, 0.2) is 48.5 Å². The molecular weight excluding hydrogens is 263 g/mol. The topological polar surface area (TPSA) is 0 Å². The van der Waals surface area contributed by atoms with Gasteiger partial charge in [-0.3, -0.25) is 0 Å². The molecule has 94 valence electrons. The van der Waals surface area contributed by atoms with Crippen molar-refractivity contribution in [2.24, 2.45) is 0 Å². The van der Waals surface area contributed by atoms with Crippen LogP contribution in [-0.2, 0) is 6.42 Å². The smallest absolute Gasteiger partial charge is 0.0408 e. The summed E-state index contributed by atoms with van der Waals surface area (Å²) in [4.78, 5) is 0. The Balaban J connectivity index is 1.96. The van der Waals surface area contributed by atoms with Crippen molar-refractivity contribution >= 4 is 23.2 Å². The zero-order valence-electron chi connectivity index (χ0n) is 10.4. The number of aryl methyl sites for hydroxylation is 1. The summed E-state index contributed by atoms with van der Waals surface area (Å²) >= 11 is 11.9. The van der Waals surface area contributed by atoms with Crippen LogP contribution in [0.5, 0.6) is 0 Å². The molecule has 2 rings (SSSR count). The van der Waals surface area contributed by atoms with E-state index in [0.29, 0.717) is 5.92 Å². The van der Waals surface area contributed by atoms with Crippen molar-refractivity contribution in [1.29, 1.82) is 0 Å². The summed E-state index contributed by atoms with van der Waals surface area (Å²) in [6.45, 7) is 2.24. The molecule has 2 heteroatoms. The molecule has 2 aromatic rings. The number of benzene rings is 2. The van der Waals surface area contributed by atoms with E-state index in [2.05, 4.69) is 25.1 Å². The van der Waals surface area contributed by atoms with Crippen molar-refractivity contribution in [2.45, 2.75) is 25.7 Å². The van der Waals surface area contributed by atoms with E-state index >= 15 is 0 Å². The predicted molar refractivity (Wildman–Crippen MR) is 79.6 cm³/mol.